The first-order valence-corrected chi connectivity index (χ1v) is 13.3. The average Bonchev–Trinajstić information content (AvgIpc) is 3.27. The highest BCUT2D eigenvalue weighted by molar-refractivity contribution is 8.00. The summed E-state index contributed by atoms with van der Waals surface area (Å²) in [7, 11) is 0. The summed E-state index contributed by atoms with van der Waals surface area (Å²) < 4.78 is 26.9. The number of aromatic nitrogens is 2. The molecule has 2 atom stereocenters. The number of carboxylic acid groups (broad SMARTS) is 1. The molecule has 0 aromatic carbocycles. The number of thiazole rings is 1. The predicted molar refractivity (Wildman–Crippen MR) is 128 cm³/mol. The number of nitrogen functional groups attached to an aromatic ring is 1. The third kappa shape index (κ3) is 5.29. The van der Waals surface area contributed by atoms with Crippen molar-refractivity contribution in [2.24, 2.45) is 5.16 Å². The number of halogens is 2. The molecule has 4 rings (SSSR count). The molecule has 4 N–H and O–H groups in total. The summed E-state index contributed by atoms with van der Waals surface area (Å²) in [6.45, 7) is -3.02. The molecule has 36 heavy (non-hydrogen) atoms. The first-order chi connectivity index (χ1) is 17.2. The van der Waals surface area contributed by atoms with Crippen molar-refractivity contribution in [1.29, 1.82) is 0 Å². The third-order valence-electron chi connectivity index (χ3n) is 5.18. The topological polar surface area (TPSA) is 151 Å². The number of carbonyl (C=O) groups excluding carboxylic acids is 2. The van der Waals surface area contributed by atoms with E-state index in [4.69, 9.17) is 5.73 Å². The monoisotopic (exact) mass is 557 g/mol. The number of carbonyl (C=O) groups is 3. The van der Waals surface area contributed by atoms with Crippen LogP contribution in [0, 0.1) is 0 Å². The number of rotatable bonds is 9. The lowest BCUT2D eigenvalue weighted by molar-refractivity contribution is -0.690. The van der Waals surface area contributed by atoms with Gasteiger partial charge >= 0.3 is 12.6 Å². The van der Waals surface area contributed by atoms with Gasteiger partial charge in [0.05, 0.1) is 4.90 Å². The molecular weight excluding hydrogens is 538 g/mol. The molecule has 1 unspecified atom stereocenters. The molecule has 2 amide bonds. The highest BCUT2D eigenvalue weighted by Crippen LogP contribution is 2.40. The Hall–Kier alpha value is -3.24. The molecule has 0 bridgehead atoms. The van der Waals surface area contributed by atoms with Gasteiger partial charge in [-0.15, -0.1) is 34.9 Å². The number of β-lactam (4-membered cyclic amide) rings is 1. The zero-order valence-corrected chi connectivity index (χ0v) is 20.9. The normalized spacial score (nSPS) is 19.7. The fourth-order valence-corrected chi connectivity index (χ4v) is 5.98. The van der Waals surface area contributed by atoms with Crippen LogP contribution >= 0.6 is 34.9 Å². The number of anilines is 1. The third-order valence-corrected chi connectivity index (χ3v) is 7.91. The standard InChI is InChI=1S/C20H18F2N6O5S3/c1-34-10-3-2-4-27(6-10)5-9-7-35-17-13(16(30)28(17)14(9)18(31)32)25-15(29)12(26-33-19(21)22)11-8-36-20(23)24-11/h2-4,6,8,13,17,19H,5,7H2,1H3,(H3-,23,24,25,29,31,32)/p+1/b26-12+/t13?,17-/m1/s1. The molecule has 1 fully saturated rings. The highest BCUT2D eigenvalue weighted by atomic mass is 32.2. The van der Waals surface area contributed by atoms with E-state index < -0.39 is 41.5 Å². The van der Waals surface area contributed by atoms with Gasteiger partial charge in [-0.2, -0.15) is 13.3 Å². The Balaban J connectivity index is 1.54. The van der Waals surface area contributed by atoms with E-state index >= 15 is 0 Å². The lowest BCUT2D eigenvalue weighted by atomic mass is 10.0. The Morgan fingerprint density at radius 3 is 2.92 bits per heavy atom. The number of amides is 2. The van der Waals surface area contributed by atoms with Gasteiger partial charge in [0.25, 0.3) is 11.8 Å². The van der Waals surface area contributed by atoms with Crippen LogP contribution in [0.1, 0.15) is 5.69 Å². The summed E-state index contributed by atoms with van der Waals surface area (Å²) in [6, 6.07) is 2.67. The SMILES string of the molecule is CSc1ccc[n+](CC2=C(C(=O)O)N3C(=O)C(NC(=O)/C(=N/OC(F)F)c4csc(N)n4)[C@H]3SC2)c1. The summed E-state index contributed by atoms with van der Waals surface area (Å²) in [5.41, 5.74) is 5.26. The minimum atomic E-state index is -3.28. The van der Waals surface area contributed by atoms with Crippen molar-refractivity contribution in [3.8, 4) is 0 Å². The van der Waals surface area contributed by atoms with Crippen LogP contribution in [0.5, 0.6) is 0 Å². The Bertz CT molecular complexity index is 1270. The summed E-state index contributed by atoms with van der Waals surface area (Å²) in [6.07, 6.45) is 5.61. The van der Waals surface area contributed by atoms with Crippen LogP contribution in [0.3, 0.4) is 0 Å². The van der Waals surface area contributed by atoms with Gasteiger partial charge < -0.3 is 21.0 Å². The number of fused-ring (bicyclic) bond motifs is 1. The lowest BCUT2D eigenvalue weighted by Crippen LogP contribution is -2.71. The first kappa shape index (κ1) is 25.8. The van der Waals surface area contributed by atoms with Crippen molar-refractivity contribution >= 4 is 63.5 Å². The zero-order chi connectivity index (χ0) is 26.0. The van der Waals surface area contributed by atoms with E-state index in [1.165, 1.54) is 17.1 Å². The number of aliphatic carboxylic acids is 1. The molecule has 16 heteroatoms. The van der Waals surface area contributed by atoms with E-state index in [0.29, 0.717) is 11.3 Å². The van der Waals surface area contributed by atoms with Crippen LogP contribution in [0.25, 0.3) is 0 Å². The van der Waals surface area contributed by atoms with E-state index in [-0.39, 0.29) is 23.1 Å². The number of alkyl halides is 2. The number of thioether (sulfide) groups is 2. The Labute approximate surface area is 215 Å². The van der Waals surface area contributed by atoms with E-state index in [2.05, 4.69) is 20.3 Å². The van der Waals surface area contributed by atoms with Crippen molar-refractivity contribution in [1.82, 2.24) is 15.2 Å². The van der Waals surface area contributed by atoms with E-state index in [0.717, 1.165) is 21.1 Å². The quantitative estimate of drug-likeness (QED) is 0.135. The van der Waals surface area contributed by atoms with Crippen molar-refractivity contribution < 1.29 is 37.7 Å². The number of nitrogens with zero attached hydrogens (tertiary/aromatic N) is 4. The second-order valence-electron chi connectivity index (χ2n) is 7.41. The molecule has 0 spiro atoms. The van der Waals surface area contributed by atoms with Gasteiger partial charge in [-0.05, 0) is 12.3 Å². The van der Waals surface area contributed by atoms with Crippen LogP contribution in [-0.2, 0) is 25.8 Å². The van der Waals surface area contributed by atoms with Crippen LogP contribution in [-0.4, -0.2) is 68.5 Å². The van der Waals surface area contributed by atoms with Gasteiger partial charge in [-0.3, -0.25) is 14.5 Å². The Kier molecular flexibility index (Phi) is 7.75. The van der Waals surface area contributed by atoms with Gasteiger partial charge in [0, 0.05) is 22.8 Å². The second-order valence-corrected chi connectivity index (χ2v) is 10.3. The predicted octanol–water partition coefficient (Wildman–Crippen LogP) is 1.12. The minimum Gasteiger partial charge on any atom is -0.477 e. The molecule has 0 aliphatic carbocycles. The van der Waals surface area contributed by atoms with Crippen molar-refractivity contribution in [3.05, 3.63) is 46.9 Å². The molecular formula is C20H19F2N6O5S3+. The summed E-state index contributed by atoms with van der Waals surface area (Å²) >= 11 is 3.78. The molecule has 11 nitrogen and oxygen atoms in total. The fourth-order valence-electron chi connectivity index (χ4n) is 3.65. The lowest BCUT2D eigenvalue weighted by Gasteiger charge is -2.49. The van der Waals surface area contributed by atoms with Crippen molar-refractivity contribution in [3.63, 3.8) is 0 Å². The largest absolute Gasteiger partial charge is 0.477 e. The molecule has 190 valence electrons. The Morgan fingerprint density at radius 1 is 1.50 bits per heavy atom. The number of nitrogens with one attached hydrogen (secondary N) is 1. The zero-order valence-electron chi connectivity index (χ0n) is 18.5. The van der Waals surface area contributed by atoms with Gasteiger partial charge in [0.1, 0.15) is 22.8 Å². The fraction of sp³-hybridized carbons (Fsp3) is 0.300. The maximum absolute atomic E-state index is 12.9. The van der Waals surface area contributed by atoms with Crippen LogP contribution < -0.4 is 15.6 Å². The average molecular weight is 558 g/mol. The van der Waals surface area contributed by atoms with Gasteiger partial charge in [0.15, 0.2) is 29.8 Å². The second kappa shape index (κ2) is 10.8. The summed E-state index contributed by atoms with van der Waals surface area (Å²) in [5.74, 6) is -2.60. The molecule has 2 aliphatic heterocycles. The molecule has 0 saturated carbocycles. The molecule has 1 saturated heterocycles. The van der Waals surface area contributed by atoms with E-state index in [1.54, 1.807) is 18.0 Å². The van der Waals surface area contributed by atoms with E-state index in [1.807, 2.05) is 29.2 Å². The summed E-state index contributed by atoms with van der Waals surface area (Å²) in [4.78, 5) is 47.7. The van der Waals surface area contributed by atoms with Gasteiger partial charge in [0.2, 0.25) is 0 Å². The number of hydrogen-bond acceptors (Lipinski definition) is 10. The molecule has 2 aromatic rings. The number of nitrogens with two attached hydrogens (primary N) is 1. The molecule has 4 heterocycles. The highest BCUT2D eigenvalue weighted by Gasteiger charge is 2.54. The number of oxime groups is 1. The van der Waals surface area contributed by atoms with Crippen molar-refractivity contribution in [2.75, 3.05) is 17.7 Å². The van der Waals surface area contributed by atoms with Crippen molar-refractivity contribution in [2.45, 2.75) is 29.5 Å². The first-order valence-electron chi connectivity index (χ1n) is 10.2. The van der Waals surface area contributed by atoms with Crippen LogP contribution in [0.2, 0.25) is 0 Å². The minimum absolute atomic E-state index is 0.0704. The maximum atomic E-state index is 12.9. The van der Waals surface area contributed by atoms with Gasteiger partial charge in [-0.1, -0.05) is 5.16 Å². The van der Waals surface area contributed by atoms with Gasteiger partial charge in [-0.25, -0.2) is 9.78 Å². The number of pyridine rings is 1. The van der Waals surface area contributed by atoms with Crippen LogP contribution in [0.4, 0.5) is 13.9 Å². The maximum Gasteiger partial charge on any atom is 0.407 e. The number of hydrogen-bond donors (Lipinski definition) is 3. The molecule has 2 aliphatic rings. The summed E-state index contributed by atoms with van der Waals surface area (Å²) in [5, 5.41) is 16.2. The Morgan fingerprint density at radius 2 is 2.28 bits per heavy atom. The smallest absolute Gasteiger partial charge is 0.407 e. The van der Waals surface area contributed by atoms with E-state index in [9.17, 15) is 28.3 Å². The number of carboxylic acids is 1. The molecule has 0 radical (unpaired) electrons. The molecule has 2 aromatic heterocycles. The van der Waals surface area contributed by atoms with Crippen LogP contribution in [0.15, 0.2) is 51.2 Å².